The molecule has 0 bridgehead atoms. The molecular formula is C9H15Hf-3. The molecule has 0 fully saturated rings. The predicted octanol–water partition coefficient (Wildman–Crippen LogP) is 2.92. The van der Waals surface area contributed by atoms with Crippen LogP contribution in [0.15, 0.2) is 18.2 Å². The van der Waals surface area contributed by atoms with Crippen LogP contribution in [0.3, 0.4) is 0 Å². The molecule has 0 saturated heterocycles. The summed E-state index contributed by atoms with van der Waals surface area (Å²) in [6, 6.07) is 6.31. The van der Waals surface area contributed by atoms with Crippen molar-refractivity contribution in [2.45, 2.75) is 13.8 Å². The molecule has 0 aliphatic heterocycles. The molecule has 0 heterocycles. The average molecular weight is 302 g/mol. The molecule has 0 aromatic heterocycles. The molecule has 0 N–H and O–H groups in total. The van der Waals surface area contributed by atoms with Crippen molar-refractivity contribution in [3.05, 3.63) is 44.2 Å². The number of hydrogen-bond donors (Lipinski definition) is 0. The largest absolute Gasteiger partial charge is 0.358 e. The maximum atomic E-state index is 2.12. The van der Waals surface area contributed by atoms with Crippen LogP contribution in [-0.2, 0) is 25.8 Å². The van der Waals surface area contributed by atoms with Crippen LogP contribution in [0.1, 0.15) is 11.1 Å². The van der Waals surface area contributed by atoms with Gasteiger partial charge in [-0.3, -0.25) is 0 Å². The topological polar surface area (TPSA) is 0 Å². The third-order valence-electron chi connectivity index (χ3n) is 1.31. The van der Waals surface area contributed by atoms with Gasteiger partial charge in [-0.1, -0.05) is 13.8 Å². The van der Waals surface area contributed by atoms with Crippen molar-refractivity contribution < 1.29 is 25.8 Å². The molecule has 0 radical (unpaired) electrons. The molecule has 0 atom stereocenters. The molecule has 0 saturated carbocycles. The quantitative estimate of drug-likeness (QED) is 0.510. The van der Waals surface area contributed by atoms with E-state index in [4.69, 9.17) is 0 Å². The molecule has 58 valence electrons. The summed E-state index contributed by atoms with van der Waals surface area (Å²) < 4.78 is 0. The van der Waals surface area contributed by atoms with Gasteiger partial charge in [0, 0.05) is 25.8 Å². The first kappa shape index (κ1) is 16.7. The van der Waals surface area contributed by atoms with Crippen LogP contribution in [0.5, 0.6) is 0 Å². The second kappa shape index (κ2) is 7.33. The molecule has 1 aromatic rings. The van der Waals surface area contributed by atoms with Crippen LogP contribution in [0, 0.1) is 28.7 Å². The van der Waals surface area contributed by atoms with Gasteiger partial charge in [-0.15, -0.1) is 0 Å². The minimum absolute atomic E-state index is 0. The van der Waals surface area contributed by atoms with E-state index in [9.17, 15) is 0 Å². The Morgan fingerprint density at radius 3 is 1.80 bits per heavy atom. The zero-order valence-corrected chi connectivity index (χ0v) is 10.8. The second-order valence-corrected chi connectivity index (χ2v) is 1.89. The summed E-state index contributed by atoms with van der Waals surface area (Å²) in [6.45, 7) is 4.24. The van der Waals surface area contributed by atoms with Gasteiger partial charge in [0.1, 0.15) is 0 Å². The normalized spacial score (nSPS) is 6.60. The maximum Gasteiger partial charge on any atom is 0 e. The fourth-order valence-corrected chi connectivity index (χ4v) is 0.600. The summed E-state index contributed by atoms with van der Waals surface area (Å²) in [5.74, 6) is 0. The Balaban J connectivity index is -0.000000163. The van der Waals surface area contributed by atoms with E-state index in [1.165, 1.54) is 11.1 Å². The first-order chi connectivity index (χ1) is 3.30. The van der Waals surface area contributed by atoms with Crippen molar-refractivity contribution in [2.24, 2.45) is 0 Å². The van der Waals surface area contributed by atoms with Gasteiger partial charge in [0.05, 0.1) is 0 Å². The molecule has 0 amide bonds. The Hall–Kier alpha value is 0.220. The standard InChI is InChI=1S/C7H9.2CH3.Hf/c1-6-4-3-5-7(6)2;;;/h3-5H,1-2H3;2*1H3;/q3*-1;. The molecule has 0 unspecified atom stereocenters. The van der Waals surface area contributed by atoms with E-state index in [-0.39, 0.29) is 40.7 Å². The van der Waals surface area contributed by atoms with Crippen molar-refractivity contribution in [1.82, 2.24) is 0 Å². The van der Waals surface area contributed by atoms with E-state index in [1.807, 2.05) is 0 Å². The smallest absolute Gasteiger partial charge is 0 e. The van der Waals surface area contributed by atoms with Crippen LogP contribution in [-0.4, -0.2) is 0 Å². The van der Waals surface area contributed by atoms with Crippen LogP contribution in [0.2, 0.25) is 0 Å². The fourth-order valence-electron chi connectivity index (χ4n) is 0.600. The second-order valence-electron chi connectivity index (χ2n) is 1.89. The van der Waals surface area contributed by atoms with E-state index in [2.05, 4.69) is 32.0 Å². The first-order valence-corrected chi connectivity index (χ1v) is 2.49. The fraction of sp³-hybridized carbons (Fsp3) is 0.222. The van der Waals surface area contributed by atoms with Crippen molar-refractivity contribution in [2.75, 3.05) is 0 Å². The van der Waals surface area contributed by atoms with Gasteiger partial charge >= 0.3 is 0 Å². The van der Waals surface area contributed by atoms with E-state index in [1.54, 1.807) is 0 Å². The Labute approximate surface area is 83.8 Å². The van der Waals surface area contributed by atoms with Crippen molar-refractivity contribution in [3.63, 3.8) is 0 Å². The monoisotopic (exact) mass is 303 g/mol. The minimum atomic E-state index is 0. The molecule has 0 aliphatic carbocycles. The molecule has 0 nitrogen and oxygen atoms in total. The Morgan fingerprint density at radius 2 is 1.70 bits per heavy atom. The van der Waals surface area contributed by atoms with Crippen molar-refractivity contribution in [1.29, 1.82) is 0 Å². The van der Waals surface area contributed by atoms with E-state index in [0.29, 0.717) is 0 Å². The van der Waals surface area contributed by atoms with Gasteiger partial charge in [0.15, 0.2) is 0 Å². The SMILES string of the molecule is Cc1cc[cH-]c1C.[CH3-].[CH3-].[Hf]. The van der Waals surface area contributed by atoms with Crippen molar-refractivity contribution >= 4 is 0 Å². The molecule has 0 spiro atoms. The third-order valence-corrected chi connectivity index (χ3v) is 1.31. The summed E-state index contributed by atoms with van der Waals surface area (Å²) >= 11 is 0. The van der Waals surface area contributed by atoms with Crippen LogP contribution in [0.25, 0.3) is 0 Å². The molecule has 1 rings (SSSR count). The Bertz CT molecular complexity index is 137. The molecule has 1 aromatic carbocycles. The van der Waals surface area contributed by atoms with Gasteiger partial charge in [0.25, 0.3) is 0 Å². The summed E-state index contributed by atoms with van der Waals surface area (Å²) in [5, 5.41) is 0. The van der Waals surface area contributed by atoms with Gasteiger partial charge < -0.3 is 14.9 Å². The van der Waals surface area contributed by atoms with Gasteiger partial charge in [0.2, 0.25) is 0 Å². The zero-order valence-electron chi connectivity index (χ0n) is 7.23. The summed E-state index contributed by atoms with van der Waals surface area (Å²) in [7, 11) is 0. The number of rotatable bonds is 0. The van der Waals surface area contributed by atoms with Crippen LogP contribution < -0.4 is 0 Å². The summed E-state index contributed by atoms with van der Waals surface area (Å²) in [4.78, 5) is 0. The van der Waals surface area contributed by atoms with Gasteiger partial charge in [-0.05, 0) is 0 Å². The Morgan fingerprint density at radius 1 is 1.20 bits per heavy atom. The van der Waals surface area contributed by atoms with Crippen LogP contribution >= 0.6 is 0 Å². The third kappa shape index (κ3) is 4.10. The molecule has 10 heavy (non-hydrogen) atoms. The van der Waals surface area contributed by atoms with Crippen LogP contribution in [0.4, 0.5) is 0 Å². The van der Waals surface area contributed by atoms with E-state index < -0.39 is 0 Å². The van der Waals surface area contributed by atoms with E-state index >= 15 is 0 Å². The zero-order chi connectivity index (χ0) is 5.28. The number of hydrogen-bond acceptors (Lipinski definition) is 0. The van der Waals surface area contributed by atoms with Crippen molar-refractivity contribution in [3.8, 4) is 0 Å². The molecular weight excluding hydrogens is 287 g/mol. The predicted molar refractivity (Wildman–Crippen MR) is 44.3 cm³/mol. The molecule has 0 aliphatic rings. The average Bonchev–Trinajstić information content (AvgIpc) is 1.91. The number of aryl methyl sites for hydroxylation is 2. The van der Waals surface area contributed by atoms with Gasteiger partial charge in [-0.25, -0.2) is 6.07 Å². The van der Waals surface area contributed by atoms with E-state index in [0.717, 1.165) is 0 Å². The van der Waals surface area contributed by atoms with Gasteiger partial charge in [-0.2, -0.15) is 23.3 Å². The Kier molecular flexibility index (Phi) is 12.2. The first-order valence-electron chi connectivity index (χ1n) is 2.49. The summed E-state index contributed by atoms with van der Waals surface area (Å²) in [6.07, 6.45) is 0. The summed E-state index contributed by atoms with van der Waals surface area (Å²) in [5.41, 5.74) is 2.78. The molecule has 1 heteroatoms. The maximum absolute atomic E-state index is 2.12. The minimum Gasteiger partial charge on any atom is -0.358 e.